The van der Waals surface area contributed by atoms with Gasteiger partial charge < -0.3 is 10.4 Å². The van der Waals surface area contributed by atoms with Gasteiger partial charge in [-0.05, 0) is 43.4 Å². The summed E-state index contributed by atoms with van der Waals surface area (Å²) in [5.41, 5.74) is 1.29. The van der Waals surface area contributed by atoms with E-state index in [9.17, 15) is 5.11 Å². The molecule has 2 N–H and O–H groups in total. The molecule has 0 bridgehead atoms. The molecule has 1 aliphatic rings. The highest BCUT2D eigenvalue weighted by atomic mass is 32.1. The van der Waals surface area contributed by atoms with E-state index in [-0.39, 0.29) is 6.10 Å². The van der Waals surface area contributed by atoms with E-state index in [1.54, 1.807) is 0 Å². The maximum atomic E-state index is 9.69. The van der Waals surface area contributed by atoms with Crippen LogP contribution in [0, 0.1) is 0 Å². The lowest BCUT2D eigenvalue weighted by Crippen LogP contribution is -2.35. The molecule has 1 saturated carbocycles. The van der Waals surface area contributed by atoms with E-state index in [2.05, 4.69) is 41.7 Å². The van der Waals surface area contributed by atoms with Gasteiger partial charge in [0.2, 0.25) is 0 Å². The second kappa shape index (κ2) is 6.53. The molecule has 1 fully saturated rings. The molecule has 0 aliphatic heterocycles. The first-order valence-electron chi connectivity index (χ1n) is 7.37. The van der Waals surface area contributed by atoms with Crippen LogP contribution in [0.4, 0.5) is 0 Å². The van der Waals surface area contributed by atoms with Crippen molar-refractivity contribution in [2.24, 2.45) is 0 Å². The molecule has 1 aromatic carbocycles. The van der Waals surface area contributed by atoms with Crippen LogP contribution in [0.5, 0.6) is 0 Å². The second-order valence-electron chi connectivity index (χ2n) is 5.53. The van der Waals surface area contributed by atoms with E-state index in [1.807, 2.05) is 17.4 Å². The molecule has 0 unspecified atom stereocenters. The van der Waals surface area contributed by atoms with Crippen LogP contribution in [0.25, 0.3) is 10.4 Å². The molecule has 106 valence electrons. The van der Waals surface area contributed by atoms with Gasteiger partial charge in [0.15, 0.2) is 0 Å². The van der Waals surface area contributed by atoms with Crippen molar-refractivity contribution < 1.29 is 5.11 Å². The van der Waals surface area contributed by atoms with Crippen LogP contribution < -0.4 is 5.32 Å². The van der Waals surface area contributed by atoms with Gasteiger partial charge in [-0.3, -0.25) is 0 Å². The lowest BCUT2D eigenvalue weighted by atomic mass is 9.93. The fourth-order valence-electron chi connectivity index (χ4n) is 2.82. The topological polar surface area (TPSA) is 32.3 Å². The molecule has 3 rings (SSSR count). The summed E-state index contributed by atoms with van der Waals surface area (Å²) in [6.07, 6.45) is 4.09. The first kappa shape index (κ1) is 13.8. The first-order valence-corrected chi connectivity index (χ1v) is 8.18. The summed E-state index contributed by atoms with van der Waals surface area (Å²) in [4.78, 5) is 2.69. The molecule has 3 heteroatoms. The zero-order valence-corrected chi connectivity index (χ0v) is 12.4. The van der Waals surface area contributed by atoms with Gasteiger partial charge in [0.25, 0.3) is 0 Å². The van der Waals surface area contributed by atoms with Crippen molar-refractivity contribution in [1.82, 2.24) is 5.32 Å². The molecule has 0 saturated heterocycles. The molecule has 2 aromatic rings. The predicted molar refractivity (Wildman–Crippen MR) is 84.9 cm³/mol. The average Bonchev–Trinajstić information content (AvgIpc) is 2.95. The Morgan fingerprint density at radius 1 is 1.10 bits per heavy atom. The van der Waals surface area contributed by atoms with E-state index in [0.29, 0.717) is 6.04 Å². The van der Waals surface area contributed by atoms with Crippen molar-refractivity contribution in [2.45, 2.75) is 44.4 Å². The lowest BCUT2D eigenvalue weighted by Gasteiger charge is -2.26. The maximum Gasteiger partial charge on any atom is 0.0555 e. The number of hydrogen-bond acceptors (Lipinski definition) is 3. The number of aliphatic hydroxyl groups excluding tert-OH is 1. The highest BCUT2D eigenvalue weighted by Gasteiger charge is 2.19. The summed E-state index contributed by atoms with van der Waals surface area (Å²) < 4.78 is 0. The Hall–Kier alpha value is -1.16. The molecule has 1 aromatic heterocycles. The molecule has 2 atom stereocenters. The van der Waals surface area contributed by atoms with Gasteiger partial charge in [-0.2, -0.15) is 0 Å². The van der Waals surface area contributed by atoms with Gasteiger partial charge in [-0.15, -0.1) is 11.3 Å². The first-order chi connectivity index (χ1) is 9.81. The quantitative estimate of drug-likeness (QED) is 0.896. The molecule has 2 nitrogen and oxygen atoms in total. The molecule has 0 spiro atoms. The van der Waals surface area contributed by atoms with Crippen LogP contribution in [0.3, 0.4) is 0 Å². The van der Waals surface area contributed by atoms with Crippen molar-refractivity contribution in [2.75, 3.05) is 0 Å². The van der Waals surface area contributed by atoms with E-state index >= 15 is 0 Å². The van der Waals surface area contributed by atoms with Crippen LogP contribution in [-0.4, -0.2) is 17.3 Å². The van der Waals surface area contributed by atoms with Crippen molar-refractivity contribution in [3.05, 3.63) is 47.3 Å². The Kier molecular flexibility index (Phi) is 4.51. The Balaban J connectivity index is 1.58. The van der Waals surface area contributed by atoms with Crippen molar-refractivity contribution >= 4 is 11.3 Å². The third kappa shape index (κ3) is 3.48. The maximum absolute atomic E-state index is 9.69. The van der Waals surface area contributed by atoms with Crippen LogP contribution in [-0.2, 0) is 6.54 Å². The predicted octanol–water partition coefficient (Wildman–Crippen LogP) is 3.81. The standard InChI is InChI=1S/C17H21NOS/c19-15-8-4-7-14(11-15)18-12-16-9-10-17(20-16)13-5-2-1-3-6-13/h1-3,5-6,9-10,14-15,18-19H,4,7-8,11-12H2/t14-,15-/m0/s1. The molecule has 1 aliphatic carbocycles. The number of aliphatic hydroxyl groups is 1. The smallest absolute Gasteiger partial charge is 0.0555 e. The molecule has 0 radical (unpaired) electrons. The minimum atomic E-state index is -0.107. The number of rotatable bonds is 4. The summed E-state index contributed by atoms with van der Waals surface area (Å²) in [5.74, 6) is 0. The van der Waals surface area contributed by atoms with E-state index in [0.717, 1.165) is 25.8 Å². The normalized spacial score (nSPS) is 22.9. The number of thiophene rings is 1. The van der Waals surface area contributed by atoms with Crippen LogP contribution in [0.2, 0.25) is 0 Å². The molecule has 20 heavy (non-hydrogen) atoms. The minimum absolute atomic E-state index is 0.107. The Morgan fingerprint density at radius 2 is 1.95 bits per heavy atom. The van der Waals surface area contributed by atoms with Crippen LogP contribution in [0.15, 0.2) is 42.5 Å². The van der Waals surface area contributed by atoms with E-state index in [1.165, 1.54) is 21.7 Å². The van der Waals surface area contributed by atoms with Gasteiger partial charge in [-0.1, -0.05) is 30.3 Å². The highest BCUT2D eigenvalue weighted by Crippen LogP contribution is 2.28. The van der Waals surface area contributed by atoms with Gasteiger partial charge in [-0.25, -0.2) is 0 Å². The monoisotopic (exact) mass is 287 g/mol. The molecular formula is C17H21NOS. The fourth-order valence-corrected chi connectivity index (χ4v) is 3.79. The van der Waals surface area contributed by atoms with Gasteiger partial charge in [0.05, 0.1) is 6.10 Å². The third-order valence-corrected chi connectivity index (χ3v) is 5.07. The lowest BCUT2D eigenvalue weighted by molar-refractivity contribution is 0.111. The van der Waals surface area contributed by atoms with Crippen molar-refractivity contribution in [1.29, 1.82) is 0 Å². The van der Waals surface area contributed by atoms with E-state index in [4.69, 9.17) is 0 Å². The van der Waals surface area contributed by atoms with Gasteiger partial charge in [0, 0.05) is 22.3 Å². The third-order valence-electron chi connectivity index (χ3n) is 3.93. The van der Waals surface area contributed by atoms with Crippen LogP contribution >= 0.6 is 11.3 Å². The SMILES string of the molecule is O[C@H]1CCC[C@H](NCc2ccc(-c3ccccc3)s2)C1. The largest absolute Gasteiger partial charge is 0.393 e. The minimum Gasteiger partial charge on any atom is -0.393 e. The molecule has 1 heterocycles. The molecule has 0 amide bonds. The van der Waals surface area contributed by atoms with Crippen molar-refractivity contribution in [3.8, 4) is 10.4 Å². The average molecular weight is 287 g/mol. The summed E-state index contributed by atoms with van der Waals surface area (Å²) in [5, 5.41) is 13.3. The number of nitrogens with one attached hydrogen (secondary N) is 1. The Bertz CT molecular complexity index is 537. The second-order valence-corrected chi connectivity index (χ2v) is 6.70. The van der Waals surface area contributed by atoms with Gasteiger partial charge in [0.1, 0.15) is 0 Å². The summed E-state index contributed by atoms with van der Waals surface area (Å²) in [6.45, 7) is 0.912. The van der Waals surface area contributed by atoms with Crippen LogP contribution in [0.1, 0.15) is 30.6 Å². The van der Waals surface area contributed by atoms with Crippen molar-refractivity contribution in [3.63, 3.8) is 0 Å². The summed E-state index contributed by atoms with van der Waals surface area (Å²) >= 11 is 1.85. The number of hydrogen-bond donors (Lipinski definition) is 2. The Morgan fingerprint density at radius 3 is 2.75 bits per heavy atom. The zero-order valence-electron chi connectivity index (χ0n) is 11.6. The molecular weight excluding hydrogens is 266 g/mol. The highest BCUT2D eigenvalue weighted by molar-refractivity contribution is 7.15. The summed E-state index contributed by atoms with van der Waals surface area (Å²) in [6, 6.07) is 15.4. The zero-order chi connectivity index (χ0) is 13.8. The Labute approximate surface area is 124 Å². The van der Waals surface area contributed by atoms with Gasteiger partial charge >= 0.3 is 0 Å². The van der Waals surface area contributed by atoms with E-state index < -0.39 is 0 Å². The number of benzene rings is 1. The fraction of sp³-hybridized carbons (Fsp3) is 0.412. The summed E-state index contributed by atoms with van der Waals surface area (Å²) in [7, 11) is 0.